The van der Waals surface area contributed by atoms with Crippen molar-refractivity contribution < 1.29 is 24.2 Å². The van der Waals surface area contributed by atoms with Gasteiger partial charge < -0.3 is 14.6 Å². The molecule has 0 fully saturated rings. The van der Waals surface area contributed by atoms with Crippen molar-refractivity contribution in [1.29, 1.82) is 0 Å². The molecule has 174 valence electrons. The fourth-order valence-electron chi connectivity index (χ4n) is 3.97. The van der Waals surface area contributed by atoms with E-state index in [1.165, 1.54) is 11.1 Å². The van der Waals surface area contributed by atoms with Gasteiger partial charge in [-0.25, -0.2) is 4.79 Å². The fourth-order valence-corrected chi connectivity index (χ4v) is 3.97. The molecular formula is C27H36O5. The Morgan fingerprint density at radius 3 is 1.50 bits per heavy atom. The van der Waals surface area contributed by atoms with Gasteiger partial charge in [-0.1, -0.05) is 71.7 Å². The normalized spacial score (nSPS) is 11.8. The van der Waals surface area contributed by atoms with Crippen LogP contribution in [-0.2, 0) is 15.0 Å². The molecule has 2 rings (SSSR count). The molecule has 5 heteroatoms. The Balaban J connectivity index is 2.29. The Bertz CT molecular complexity index is 870. The van der Waals surface area contributed by atoms with Crippen LogP contribution in [0.1, 0.15) is 71.4 Å². The number of carboxylic acid groups (broad SMARTS) is 1. The molecule has 0 amide bonds. The Kier molecular flexibility index (Phi) is 8.88. The lowest BCUT2D eigenvalue weighted by atomic mass is 9.68. The molecule has 0 aliphatic heterocycles. The summed E-state index contributed by atoms with van der Waals surface area (Å²) in [6.45, 7) is 9.76. The van der Waals surface area contributed by atoms with Gasteiger partial charge >= 0.3 is 5.97 Å². The van der Waals surface area contributed by atoms with Crippen molar-refractivity contribution in [2.24, 2.45) is 5.41 Å². The number of hydrogen-bond acceptors (Lipinski definition) is 4. The van der Waals surface area contributed by atoms with Gasteiger partial charge in [-0.05, 0) is 48.2 Å². The molecule has 0 saturated carbocycles. The molecule has 2 aromatic rings. The molecule has 0 bridgehead atoms. The third kappa shape index (κ3) is 6.59. The average molecular weight is 441 g/mol. The highest BCUT2D eigenvalue weighted by molar-refractivity contribution is 5.85. The number of carbonyl (C=O) groups is 2. The summed E-state index contributed by atoms with van der Waals surface area (Å²) in [6.07, 6.45) is 4.02. The van der Waals surface area contributed by atoms with E-state index >= 15 is 0 Å². The van der Waals surface area contributed by atoms with Crippen LogP contribution in [0.4, 0.5) is 0 Å². The van der Waals surface area contributed by atoms with Crippen LogP contribution in [0.15, 0.2) is 48.5 Å². The van der Waals surface area contributed by atoms with E-state index in [1.54, 1.807) is 0 Å². The molecule has 0 aliphatic rings. The molecule has 0 unspecified atom stereocenters. The van der Waals surface area contributed by atoms with Crippen LogP contribution < -0.4 is 9.47 Å². The van der Waals surface area contributed by atoms with Crippen molar-refractivity contribution in [1.82, 2.24) is 0 Å². The van der Waals surface area contributed by atoms with Crippen LogP contribution in [0.2, 0.25) is 0 Å². The average Bonchev–Trinajstić information content (AvgIpc) is 2.76. The van der Waals surface area contributed by atoms with E-state index in [4.69, 9.17) is 14.6 Å². The van der Waals surface area contributed by atoms with E-state index < -0.39 is 11.4 Å². The van der Waals surface area contributed by atoms with E-state index in [-0.39, 0.29) is 24.4 Å². The Morgan fingerprint density at radius 1 is 0.750 bits per heavy atom. The second-order valence-corrected chi connectivity index (χ2v) is 9.28. The minimum atomic E-state index is -0.994. The van der Waals surface area contributed by atoms with Gasteiger partial charge in [-0.2, -0.15) is 0 Å². The summed E-state index contributed by atoms with van der Waals surface area (Å²) in [5.74, 6) is 0.306. The first-order valence-electron chi connectivity index (χ1n) is 11.3. The van der Waals surface area contributed by atoms with Gasteiger partial charge in [-0.3, -0.25) is 4.79 Å². The van der Waals surface area contributed by atoms with Gasteiger partial charge in [0.15, 0.2) is 12.4 Å². The summed E-state index contributed by atoms with van der Waals surface area (Å²) >= 11 is 0. The molecule has 0 aromatic heterocycles. The molecule has 0 atom stereocenters. The van der Waals surface area contributed by atoms with Gasteiger partial charge in [0.1, 0.15) is 18.1 Å². The largest absolute Gasteiger partial charge is 0.486 e. The fraction of sp³-hybridized carbons (Fsp3) is 0.481. The highest BCUT2D eigenvalue weighted by Crippen LogP contribution is 2.42. The minimum Gasteiger partial charge on any atom is -0.486 e. The number of ether oxygens (including phenoxy) is 2. The highest BCUT2D eigenvalue weighted by Gasteiger charge is 2.32. The molecule has 1 N–H and O–H groups in total. The maximum absolute atomic E-state index is 12.2. The van der Waals surface area contributed by atoms with Gasteiger partial charge in [0, 0.05) is 10.8 Å². The van der Waals surface area contributed by atoms with Crippen molar-refractivity contribution in [3.05, 3.63) is 59.7 Å². The highest BCUT2D eigenvalue weighted by atomic mass is 16.5. The summed E-state index contributed by atoms with van der Waals surface area (Å²) < 4.78 is 11.0. The van der Waals surface area contributed by atoms with Crippen molar-refractivity contribution in [2.45, 2.75) is 65.7 Å². The topological polar surface area (TPSA) is 72.8 Å². The number of ketones is 1. The molecule has 0 spiro atoms. The number of benzene rings is 2. The van der Waals surface area contributed by atoms with E-state index in [0.717, 1.165) is 25.7 Å². The molecule has 2 aromatic carbocycles. The predicted octanol–water partition coefficient (Wildman–Crippen LogP) is 6.03. The van der Waals surface area contributed by atoms with Crippen molar-refractivity contribution in [3.8, 4) is 11.5 Å². The monoisotopic (exact) mass is 440 g/mol. The SMILES string of the molecule is CCCC(CCC)(c1ccc(OCC(=O)O)cc1)c1ccc(OCC(=O)C(C)(C)C)cc1. The maximum atomic E-state index is 12.2. The molecule has 32 heavy (non-hydrogen) atoms. The Morgan fingerprint density at radius 2 is 1.16 bits per heavy atom. The van der Waals surface area contributed by atoms with E-state index in [9.17, 15) is 9.59 Å². The molecule has 5 nitrogen and oxygen atoms in total. The summed E-state index contributed by atoms with van der Waals surface area (Å²) in [6, 6.07) is 15.8. The smallest absolute Gasteiger partial charge is 0.341 e. The van der Waals surface area contributed by atoms with E-state index in [1.807, 2.05) is 57.2 Å². The Labute approximate surface area is 191 Å². The number of hydrogen-bond donors (Lipinski definition) is 1. The number of aliphatic carboxylic acids is 1. The van der Waals surface area contributed by atoms with Crippen LogP contribution in [0, 0.1) is 5.41 Å². The second kappa shape index (κ2) is 11.2. The lowest BCUT2D eigenvalue weighted by Gasteiger charge is -2.35. The van der Waals surface area contributed by atoms with Gasteiger partial charge in [-0.15, -0.1) is 0 Å². The maximum Gasteiger partial charge on any atom is 0.341 e. The molecule has 0 saturated heterocycles. The van der Waals surface area contributed by atoms with Crippen LogP contribution in [-0.4, -0.2) is 30.1 Å². The molecule has 0 heterocycles. The summed E-state index contributed by atoms with van der Waals surface area (Å²) in [5, 5.41) is 8.82. The number of Topliss-reactive ketones (excluding diaryl/α,β-unsaturated/α-hetero) is 1. The molecule has 0 radical (unpaired) electrons. The van der Waals surface area contributed by atoms with Crippen molar-refractivity contribution in [3.63, 3.8) is 0 Å². The van der Waals surface area contributed by atoms with Crippen LogP contribution in [0.5, 0.6) is 11.5 Å². The zero-order valence-corrected chi connectivity index (χ0v) is 19.9. The zero-order chi connectivity index (χ0) is 23.8. The number of carboxylic acids is 1. The third-order valence-corrected chi connectivity index (χ3v) is 5.74. The van der Waals surface area contributed by atoms with Crippen molar-refractivity contribution in [2.75, 3.05) is 13.2 Å². The second-order valence-electron chi connectivity index (χ2n) is 9.28. The lowest BCUT2D eigenvalue weighted by molar-refractivity contribution is -0.139. The van der Waals surface area contributed by atoms with Gasteiger partial charge in [0.05, 0.1) is 0 Å². The molecular weight excluding hydrogens is 404 g/mol. The Hall–Kier alpha value is -2.82. The summed E-state index contributed by atoms with van der Waals surface area (Å²) in [7, 11) is 0. The number of carbonyl (C=O) groups excluding carboxylic acids is 1. The molecule has 0 aliphatic carbocycles. The van der Waals surface area contributed by atoms with Gasteiger partial charge in [0.25, 0.3) is 0 Å². The van der Waals surface area contributed by atoms with Crippen LogP contribution in [0.25, 0.3) is 0 Å². The standard InChI is InChI=1S/C27H36O5/c1-6-16-27(17-7-2,21-10-14-23(15-11-21)32-19-25(29)30)20-8-12-22(13-9-20)31-18-24(28)26(3,4)5/h8-15H,6-7,16-19H2,1-5H3,(H,29,30). The first-order chi connectivity index (χ1) is 15.1. The van der Waals surface area contributed by atoms with E-state index in [0.29, 0.717) is 11.5 Å². The lowest BCUT2D eigenvalue weighted by Crippen LogP contribution is -2.28. The zero-order valence-electron chi connectivity index (χ0n) is 19.9. The number of rotatable bonds is 12. The van der Waals surface area contributed by atoms with Crippen LogP contribution >= 0.6 is 0 Å². The predicted molar refractivity (Wildman–Crippen MR) is 127 cm³/mol. The summed E-state index contributed by atoms with van der Waals surface area (Å²) in [5.41, 5.74) is 1.81. The van der Waals surface area contributed by atoms with Gasteiger partial charge in [0.2, 0.25) is 0 Å². The first-order valence-corrected chi connectivity index (χ1v) is 11.3. The van der Waals surface area contributed by atoms with Crippen LogP contribution in [0.3, 0.4) is 0 Å². The van der Waals surface area contributed by atoms with Crippen molar-refractivity contribution >= 4 is 11.8 Å². The van der Waals surface area contributed by atoms with E-state index in [2.05, 4.69) is 26.0 Å². The minimum absolute atomic E-state index is 0.0652. The first kappa shape index (κ1) is 25.4. The third-order valence-electron chi connectivity index (χ3n) is 5.74. The quantitative estimate of drug-likeness (QED) is 0.436. The summed E-state index contributed by atoms with van der Waals surface area (Å²) in [4.78, 5) is 22.9.